The lowest BCUT2D eigenvalue weighted by atomic mass is 9.84. The van der Waals surface area contributed by atoms with E-state index in [2.05, 4.69) is 4.72 Å². The fourth-order valence-corrected chi connectivity index (χ4v) is 4.95. The average molecular weight is 314 g/mol. The number of anilines is 1. The summed E-state index contributed by atoms with van der Waals surface area (Å²) in [6.07, 6.45) is 5.37. The molecule has 0 aliphatic heterocycles. The van der Waals surface area contributed by atoms with Gasteiger partial charge in [-0.2, -0.15) is 11.8 Å². The van der Waals surface area contributed by atoms with Gasteiger partial charge in [-0.25, -0.2) is 13.1 Å². The second-order valence-corrected chi connectivity index (χ2v) is 8.55. The minimum Gasteiger partial charge on any atom is -0.398 e. The standard InChI is InChI=1S/C14H22N2O2S2/c1-10-7-12(15)11(2)13(8-10)20(17,18)16-9-14(19-3)5-4-6-14/h7-8,16H,4-6,9,15H2,1-3H3. The molecule has 4 nitrogen and oxygen atoms in total. The summed E-state index contributed by atoms with van der Waals surface area (Å²) in [4.78, 5) is 0.297. The van der Waals surface area contributed by atoms with E-state index in [1.54, 1.807) is 30.8 Å². The van der Waals surface area contributed by atoms with Crippen LogP contribution in [0.25, 0.3) is 0 Å². The Morgan fingerprint density at radius 3 is 2.50 bits per heavy atom. The zero-order chi connectivity index (χ0) is 15.0. The normalized spacial score (nSPS) is 17.8. The highest BCUT2D eigenvalue weighted by Crippen LogP contribution is 2.42. The lowest BCUT2D eigenvalue weighted by Gasteiger charge is -2.40. The van der Waals surface area contributed by atoms with E-state index in [9.17, 15) is 8.42 Å². The number of hydrogen-bond acceptors (Lipinski definition) is 4. The van der Waals surface area contributed by atoms with E-state index in [4.69, 9.17) is 5.73 Å². The van der Waals surface area contributed by atoms with Crippen LogP contribution < -0.4 is 10.5 Å². The molecular formula is C14H22N2O2S2. The number of nitrogens with one attached hydrogen (secondary N) is 1. The van der Waals surface area contributed by atoms with Gasteiger partial charge < -0.3 is 5.73 Å². The van der Waals surface area contributed by atoms with E-state index >= 15 is 0 Å². The first kappa shape index (κ1) is 15.7. The number of nitrogen functional groups attached to an aromatic ring is 1. The molecule has 1 fully saturated rings. The van der Waals surface area contributed by atoms with Crippen molar-refractivity contribution in [1.29, 1.82) is 0 Å². The van der Waals surface area contributed by atoms with Crippen LogP contribution in [0.1, 0.15) is 30.4 Å². The highest BCUT2D eigenvalue weighted by atomic mass is 32.2. The molecule has 2 rings (SSSR count). The third-order valence-electron chi connectivity index (χ3n) is 4.12. The zero-order valence-corrected chi connectivity index (χ0v) is 13.8. The summed E-state index contributed by atoms with van der Waals surface area (Å²) >= 11 is 1.75. The second kappa shape index (κ2) is 5.58. The van der Waals surface area contributed by atoms with Gasteiger partial charge >= 0.3 is 0 Å². The molecule has 1 aliphatic carbocycles. The molecule has 1 aromatic carbocycles. The van der Waals surface area contributed by atoms with Crippen molar-refractivity contribution < 1.29 is 8.42 Å². The average Bonchev–Trinajstić information content (AvgIpc) is 2.32. The highest BCUT2D eigenvalue weighted by molar-refractivity contribution is 8.00. The molecule has 0 atom stereocenters. The van der Waals surface area contributed by atoms with Gasteiger partial charge in [0.15, 0.2) is 0 Å². The lowest BCUT2D eigenvalue weighted by molar-refractivity contribution is 0.362. The minimum absolute atomic E-state index is 0.0797. The van der Waals surface area contributed by atoms with Gasteiger partial charge in [0.2, 0.25) is 10.0 Å². The number of aryl methyl sites for hydroxylation is 1. The molecule has 0 heterocycles. The van der Waals surface area contributed by atoms with Crippen LogP contribution >= 0.6 is 11.8 Å². The minimum atomic E-state index is -3.50. The van der Waals surface area contributed by atoms with Gasteiger partial charge in [-0.1, -0.05) is 6.42 Å². The van der Waals surface area contributed by atoms with Gasteiger partial charge in [-0.05, 0) is 56.2 Å². The fourth-order valence-electron chi connectivity index (χ4n) is 2.46. The second-order valence-electron chi connectivity index (χ2n) is 5.54. The van der Waals surface area contributed by atoms with Crippen molar-refractivity contribution in [2.45, 2.75) is 42.8 Å². The monoisotopic (exact) mass is 314 g/mol. The molecule has 0 unspecified atom stereocenters. The first-order chi connectivity index (χ1) is 9.30. The number of hydrogen-bond donors (Lipinski definition) is 2. The Hall–Kier alpha value is -0.720. The van der Waals surface area contributed by atoms with Crippen molar-refractivity contribution in [1.82, 2.24) is 4.72 Å². The van der Waals surface area contributed by atoms with Crippen molar-refractivity contribution in [3.8, 4) is 0 Å². The first-order valence-corrected chi connectivity index (χ1v) is 9.42. The molecule has 0 saturated heterocycles. The molecule has 0 spiro atoms. The van der Waals surface area contributed by atoms with Gasteiger partial charge in [0.1, 0.15) is 0 Å². The van der Waals surface area contributed by atoms with Gasteiger partial charge in [0, 0.05) is 17.0 Å². The Morgan fingerprint density at radius 2 is 2.00 bits per heavy atom. The third kappa shape index (κ3) is 2.97. The van der Waals surface area contributed by atoms with E-state index in [1.165, 1.54) is 6.42 Å². The Morgan fingerprint density at radius 1 is 1.35 bits per heavy atom. The van der Waals surface area contributed by atoms with Crippen LogP contribution in [0.5, 0.6) is 0 Å². The predicted molar refractivity (Wildman–Crippen MR) is 85.6 cm³/mol. The maximum absolute atomic E-state index is 12.5. The molecule has 3 N–H and O–H groups in total. The summed E-state index contributed by atoms with van der Waals surface area (Å²) in [5, 5.41) is 0. The summed E-state index contributed by atoms with van der Waals surface area (Å²) in [5.74, 6) is 0. The molecular weight excluding hydrogens is 292 g/mol. The number of benzene rings is 1. The maximum Gasteiger partial charge on any atom is 0.240 e. The molecule has 20 heavy (non-hydrogen) atoms. The van der Waals surface area contributed by atoms with Crippen LogP contribution in [0.15, 0.2) is 17.0 Å². The first-order valence-electron chi connectivity index (χ1n) is 6.71. The lowest BCUT2D eigenvalue weighted by Crippen LogP contribution is -2.45. The van der Waals surface area contributed by atoms with Crippen LogP contribution in [0, 0.1) is 13.8 Å². The Balaban J connectivity index is 2.23. The summed E-state index contributed by atoms with van der Waals surface area (Å²) < 4.78 is 27.8. The van der Waals surface area contributed by atoms with E-state index in [1.807, 2.05) is 13.2 Å². The Kier molecular flexibility index (Phi) is 4.37. The summed E-state index contributed by atoms with van der Waals surface area (Å²) in [5.41, 5.74) is 7.87. The number of rotatable bonds is 5. The summed E-state index contributed by atoms with van der Waals surface area (Å²) in [6.45, 7) is 4.09. The molecule has 1 aromatic rings. The van der Waals surface area contributed by atoms with E-state index in [0.29, 0.717) is 22.7 Å². The molecule has 1 saturated carbocycles. The van der Waals surface area contributed by atoms with Gasteiger partial charge in [0.05, 0.1) is 4.90 Å². The Labute approximate surface area is 125 Å². The van der Waals surface area contributed by atoms with Gasteiger partial charge in [0.25, 0.3) is 0 Å². The number of thioether (sulfide) groups is 1. The maximum atomic E-state index is 12.5. The SMILES string of the molecule is CSC1(CNS(=O)(=O)c2cc(C)cc(N)c2C)CCC1. The number of sulfonamides is 1. The number of nitrogens with two attached hydrogens (primary N) is 1. The molecule has 1 aliphatic rings. The molecule has 112 valence electrons. The van der Waals surface area contributed by atoms with Crippen LogP contribution in [-0.2, 0) is 10.0 Å². The molecule has 0 radical (unpaired) electrons. The predicted octanol–water partition coefficient (Wildman–Crippen LogP) is 2.45. The zero-order valence-electron chi connectivity index (χ0n) is 12.2. The van der Waals surface area contributed by atoms with E-state index in [0.717, 1.165) is 18.4 Å². The topological polar surface area (TPSA) is 72.2 Å². The molecule has 0 amide bonds. The van der Waals surface area contributed by atoms with Crippen LogP contribution in [-0.4, -0.2) is 26.0 Å². The fraction of sp³-hybridized carbons (Fsp3) is 0.571. The summed E-state index contributed by atoms with van der Waals surface area (Å²) in [7, 11) is -3.50. The van der Waals surface area contributed by atoms with Crippen molar-refractivity contribution >= 4 is 27.5 Å². The third-order valence-corrected chi connectivity index (χ3v) is 7.06. The highest BCUT2D eigenvalue weighted by Gasteiger charge is 2.37. The summed E-state index contributed by atoms with van der Waals surface area (Å²) in [6, 6.07) is 3.48. The largest absolute Gasteiger partial charge is 0.398 e. The van der Waals surface area contributed by atoms with E-state index in [-0.39, 0.29) is 4.75 Å². The van der Waals surface area contributed by atoms with Crippen molar-refractivity contribution in [2.75, 3.05) is 18.5 Å². The van der Waals surface area contributed by atoms with Crippen LogP contribution in [0.2, 0.25) is 0 Å². The van der Waals surface area contributed by atoms with Gasteiger partial charge in [-0.3, -0.25) is 0 Å². The van der Waals surface area contributed by atoms with E-state index < -0.39 is 10.0 Å². The smallest absolute Gasteiger partial charge is 0.240 e. The van der Waals surface area contributed by atoms with Gasteiger partial charge in [-0.15, -0.1) is 0 Å². The molecule has 0 aromatic heterocycles. The molecule has 6 heteroatoms. The van der Waals surface area contributed by atoms with Crippen molar-refractivity contribution in [2.24, 2.45) is 0 Å². The molecule has 0 bridgehead atoms. The Bertz CT molecular complexity index is 602. The van der Waals surface area contributed by atoms with Crippen LogP contribution in [0.4, 0.5) is 5.69 Å². The van der Waals surface area contributed by atoms with Crippen molar-refractivity contribution in [3.05, 3.63) is 23.3 Å². The van der Waals surface area contributed by atoms with Crippen LogP contribution in [0.3, 0.4) is 0 Å². The van der Waals surface area contributed by atoms with Crippen molar-refractivity contribution in [3.63, 3.8) is 0 Å². The quantitative estimate of drug-likeness (QED) is 0.819.